The first-order valence-corrected chi connectivity index (χ1v) is 4.76. The lowest BCUT2D eigenvalue weighted by atomic mass is 9.98. The largest absolute Gasteiger partial charge is 0.726 e. The second kappa shape index (κ2) is 5.47. The van der Waals surface area contributed by atoms with E-state index in [-0.39, 0.29) is 0 Å². The molecular weight excluding hydrogens is 182 g/mol. The summed E-state index contributed by atoms with van der Waals surface area (Å²) in [5.41, 5.74) is 4.19. The van der Waals surface area contributed by atoms with Crippen molar-refractivity contribution >= 4 is 10.4 Å². The highest BCUT2D eigenvalue weighted by Crippen LogP contribution is 2.06. The van der Waals surface area contributed by atoms with Crippen molar-refractivity contribution < 1.29 is 22.9 Å². The molecule has 0 rings (SSSR count). The van der Waals surface area contributed by atoms with Crippen LogP contribution in [-0.2, 0) is 14.6 Å². The second-order valence-electron chi connectivity index (χ2n) is 3.39. The molecule has 5 nitrogen and oxygen atoms in total. The Kier molecular flexibility index (Phi) is 6.55. The molecule has 0 heterocycles. The SMILES string of the molecule is CC(C)(C)C[NH3+].COS(=O)(=O)[O-]. The van der Waals surface area contributed by atoms with Gasteiger partial charge in [-0.05, 0) is 0 Å². The van der Waals surface area contributed by atoms with Crippen molar-refractivity contribution in [3.8, 4) is 0 Å². The molecule has 0 aromatic carbocycles. The Bertz CT molecular complexity index is 192. The monoisotopic (exact) mass is 199 g/mol. The summed E-state index contributed by atoms with van der Waals surface area (Å²) in [5, 5.41) is 0. The van der Waals surface area contributed by atoms with Crippen LogP contribution in [0.15, 0.2) is 0 Å². The zero-order valence-corrected chi connectivity index (χ0v) is 8.77. The molecule has 76 valence electrons. The number of hydrogen-bond acceptors (Lipinski definition) is 4. The zero-order valence-electron chi connectivity index (χ0n) is 7.96. The number of hydrogen-bond donors (Lipinski definition) is 1. The minimum Gasteiger partial charge on any atom is -0.726 e. The van der Waals surface area contributed by atoms with E-state index in [0.717, 1.165) is 13.7 Å². The Morgan fingerprint density at radius 1 is 1.42 bits per heavy atom. The lowest BCUT2D eigenvalue weighted by Gasteiger charge is -2.09. The summed E-state index contributed by atoms with van der Waals surface area (Å²) in [6, 6.07) is 0. The highest BCUT2D eigenvalue weighted by Gasteiger charge is 2.07. The average molecular weight is 199 g/mol. The predicted octanol–water partition coefficient (Wildman–Crippen LogP) is -0.633. The lowest BCUT2D eigenvalue weighted by Crippen LogP contribution is -2.55. The standard InChI is InChI=1S/C5H13N.CH4O4S/c1-5(2,3)4-6;1-5-6(2,3)4/h4,6H2,1-3H3;1H3,(H,2,3,4). The summed E-state index contributed by atoms with van der Waals surface area (Å²) >= 11 is 0. The lowest BCUT2D eigenvalue weighted by molar-refractivity contribution is -0.387. The van der Waals surface area contributed by atoms with Gasteiger partial charge in [-0.3, -0.25) is 4.18 Å². The quantitative estimate of drug-likeness (QED) is 0.449. The van der Waals surface area contributed by atoms with Crippen LogP contribution in [0.3, 0.4) is 0 Å². The van der Waals surface area contributed by atoms with Crippen LogP contribution in [-0.4, -0.2) is 26.6 Å². The topological polar surface area (TPSA) is 94.1 Å². The first-order valence-electron chi connectivity index (χ1n) is 3.43. The molecule has 0 aromatic rings. The molecule has 3 N–H and O–H groups in total. The van der Waals surface area contributed by atoms with E-state index in [9.17, 15) is 13.0 Å². The van der Waals surface area contributed by atoms with Crippen LogP contribution in [0.5, 0.6) is 0 Å². The van der Waals surface area contributed by atoms with E-state index in [0.29, 0.717) is 5.41 Å². The molecule has 6 heteroatoms. The van der Waals surface area contributed by atoms with Crippen molar-refractivity contribution in [2.45, 2.75) is 20.8 Å². The van der Waals surface area contributed by atoms with Gasteiger partial charge in [0, 0.05) is 5.41 Å². The molecule has 0 saturated carbocycles. The van der Waals surface area contributed by atoms with E-state index in [1.54, 1.807) is 0 Å². The molecule has 12 heavy (non-hydrogen) atoms. The van der Waals surface area contributed by atoms with Crippen LogP contribution >= 0.6 is 0 Å². The van der Waals surface area contributed by atoms with E-state index < -0.39 is 10.4 Å². The fourth-order valence-corrected chi connectivity index (χ4v) is 0. The normalized spacial score (nSPS) is 11.8. The zero-order chi connectivity index (χ0) is 10.4. The molecule has 0 aliphatic heterocycles. The Morgan fingerprint density at radius 2 is 1.58 bits per heavy atom. The molecule has 0 aromatic heterocycles. The number of rotatable bonds is 1. The van der Waals surface area contributed by atoms with E-state index in [1.165, 1.54) is 0 Å². The highest BCUT2D eigenvalue weighted by atomic mass is 32.3. The highest BCUT2D eigenvalue weighted by molar-refractivity contribution is 7.80. The van der Waals surface area contributed by atoms with Gasteiger partial charge in [-0.25, -0.2) is 8.42 Å². The van der Waals surface area contributed by atoms with Crippen LogP contribution in [0.2, 0.25) is 0 Å². The minimum atomic E-state index is -4.41. The second-order valence-corrected chi connectivity index (χ2v) is 4.54. The van der Waals surface area contributed by atoms with E-state index in [4.69, 9.17) is 0 Å². The van der Waals surface area contributed by atoms with Gasteiger partial charge >= 0.3 is 0 Å². The Hall–Kier alpha value is -0.170. The van der Waals surface area contributed by atoms with Gasteiger partial charge in [0.25, 0.3) is 0 Å². The predicted molar refractivity (Wildman–Crippen MR) is 43.9 cm³/mol. The molecule has 0 saturated heterocycles. The van der Waals surface area contributed by atoms with Gasteiger partial charge in [0.15, 0.2) is 0 Å². The molecule has 0 amide bonds. The Morgan fingerprint density at radius 3 is 1.58 bits per heavy atom. The summed E-state index contributed by atoms with van der Waals surface area (Å²) in [6.07, 6.45) is 0. The van der Waals surface area contributed by atoms with Crippen LogP contribution in [0.25, 0.3) is 0 Å². The molecule has 0 aliphatic rings. The van der Waals surface area contributed by atoms with Gasteiger partial charge in [-0.2, -0.15) is 0 Å². The van der Waals surface area contributed by atoms with Crippen molar-refractivity contribution in [1.82, 2.24) is 0 Å². The molecule has 0 fully saturated rings. The third kappa shape index (κ3) is 22.5. The molecule has 0 spiro atoms. The van der Waals surface area contributed by atoms with Crippen LogP contribution < -0.4 is 5.73 Å². The Labute approximate surface area is 73.9 Å². The van der Waals surface area contributed by atoms with E-state index >= 15 is 0 Å². The summed E-state index contributed by atoms with van der Waals surface area (Å²) in [4.78, 5) is 0. The summed E-state index contributed by atoms with van der Waals surface area (Å²) < 4.78 is 31.0. The van der Waals surface area contributed by atoms with Crippen molar-refractivity contribution in [2.75, 3.05) is 13.7 Å². The summed E-state index contributed by atoms with van der Waals surface area (Å²) in [6.45, 7) is 7.56. The van der Waals surface area contributed by atoms with Gasteiger partial charge in [0.05, 0.1) is 13.7 Å². The van der Waals surface area contributed by atoms with Gasteiger partial charge < -0.3 is 10.3 Å². The molecule has 0 aliphatic carbocycles. The maximum absolute atomic E-state index is 9.22. The van der Waals surface area contributed by atoms with Gasteiger partial charge in [0.2, 0.25) is 10.4 Å². The summed E-state index contributed by atoms with van der Waals surface area (Å²) in [5.74, 6) is 0. The first kappa shape index (κ1) is 14.4. The van der Waals surface area contributed by atoms with Crippen molar-refractivity contribution in [1.29, 1.82) is 0 Å². The smallest absolute Gasteiger partial charge is 0.217 e. The van der Waals surface area contributed by atoms with Crippen LogP contribution in [0, 0.1) is 5.41 Å². The maximum atomic E-state index is 9.22. The number of quaternary nitrogens is 1. The summed E-state index contributed by atoms with van der Waals surface area (Å²) in [7, 11) is -3.60. The molecule has 0 radical (unpaired) electrons. The van der Waals surface area contributed by atoms with Crippen LogP contribution in [0.1, 0.15) is 20.8 Å². The molecule has 0 atom stereocenters. The van der Waals surface area contributed by atoms with Gasteiger partial charge in [0.1, 0.15) is 0 Å². The molecule has 0 bridgehead atoms. The van der Waals surface area contributed by atoms with Crippen molar-refractivity contribution in [2.24, 2.45) is 5.41 Å². The molecular formula is C6H17NO4S. The molecule has 0 unspecified atom stereocenters. The van der Waals surface area contributed by atoms with Crippen LogP contribution in [0.4, 0.5) is 0 Å². The Balaban J connectivity index is 0. The van der Waals surface area contributed by atoms with E-state index in [2.05, 4.69) is 30.7 Å². The third-order valence-corrected chi connectivity index (χ3v) is 1.36. The minimum absolute atomic E-state index is 0.431. The van der Waals surface area contributed by atoms with E-state index in [1.807, 2.05) is 0 Å². The fraction of sp³-hybridized carbons (Fsp3) is 1.00. The first-order chi connectivity index (χ1) is 5.12. The van der Waals surface area contributed by atoms with Gasteiger partial charge in [-0.15, -0.1) is 0 Å². The van der Waals surface area contributed by atoms with Crippen molar-refractivity contribution in [3.63, 3.8) is 0 Å². The maximum Gasteiger partial charge on any atom is 0.217 e. The fourth-order valence-electron chi connectivity index (χ4n) is 0. The van der Waals surface area contributed by atoms with Gasteiger partial charge in [-0.1, -0.05) is 20.8 Å². The van der Waals surface area contributed by atoms with Crippen molar-refractivity contribution in [3.05, 3.63) is 0 Å². The third-order valence-electron chi connectivity index (χ3n) is 0.954. The average Bonchev–Trinajstić information content (AvgIpc) is 1.86.